The molecule has 23 heavy (non-hydrogen) atoms. The minimum atomic E-state index is -0.323. The lowest BCUT2D eigenvalue weighted by Crippen LogP contribution is -2.27. The first-order valence-corrected chi connectivity index (χ1v) is 8.63. The van der Waals surface area contributed by atoms with Gasteiger partial charge in [-0.1, -0.05) is 0 Å². The fourth-order valence-corrected chi connectivity index (χ4v) is 3.47. The maximum atomic E-state index is 14.3. The van der Waals surface area contributed by atoms with Crippen LogP contribution >= 0.6 is 11.3 Å². The van der Waals surface area contributed by atoms with Gasteiger partial charge in [-0.15, -0.1) is 11.3 Å². The van der Waals surface area contributed by atoms with Crippen molar-refractivity contribution in [3.05, 3.63) is 45.7 Å². The van der Waals surface area contributed by atoms with Crippen molar-refractivity contribution in [3.8, 4) is 0 Å². The summed E-state index contributed by atoms with van der Waals surface area (Å²) in [6.45, 7) is 4.13. The molecule has 1 amide bonds. The Hall–Kier alpha value is -1.95. The van der Waals surface area contributed by atoms with E-state index in [-0.39, 0.29) is 11.7 Å². The average Bonchev–Trinajstić information content (AvgIpc) is 3.18. The lowest BCUT2D eigenvalue weighted by molar-refractivity contribution is 0.0783. The fraction of sp³-hybridized carbons (Fsp3) is 0.412. The number of aryl methyl sites for hydroxylation is 1. The number of halogens is 1. The van der Waals surface area contributed by atoms with E-state index in [1.54, 1.807) is 35.4 Å². The van der Waals surface area contributed by atoms with Crippen LogP contribution < -0.4 is 4.90 Å². The summed E-state index contributed by atoms with van der Waals surface area (Å²) >= 11 is 1.56. The Kier molecular flexibility index (Phi) is 4.61. The van der Waals surface area contributed by atoms with Crippen molar-refractivity contribution in [3.63, 3.8) is 0 Å². The Morgan fingerprint density at radius 1 is 1.39 bits per heavy atom. The number of anilines is 1. The molecule has 1 aromatic carbocycles. The van der Waals surface area contributed by atoms with Crippen LogP contribution in [0, 0.1) is 12.7 Å². The summed E-state index contributed by atoms with van der Waals surface area (Å²) in [7, 11) is 1.71. The first-order chi connectivity index (χ1) is 11.0. The zero-order valence-electron chi connectivity index (χ0n) is 13.4. The SMILES string of the molecule is Cc1nc(CN(C)C(=O)c2ccc(N3CCCC3)c(F)c2)cs1. The van der Waals surface area contributed by atoms with E-state index in [9.17, 15) is 9.18 Å². The van der Waals surface area contributed by atoms with Crippen LogP contribution in [0.1, 0.15) is 33.9 Å². The Bertz CT molecular complexity index is 710. The van der Waals surface area contributed by atoms with Crippen molar-refractivity contribution >= 4 is 22.9 Å². The molecule has 1 fully saturated rings. The van der Waals surface area contributed by atoms with Gasteiger partial charge in [-0.25, -0.2) is 9.37 Å². The molecule has 1 saturated heterocycles. The molecule has 0 radical (unpaired) electrons. The third-order valence-corrected chi connectivity index (χ3v) is 4.88. The van der Waals surface area contributed by atoms with Gasteiger partial charge in [0.05, 0.1) is 22.9 Å². The zero-order chi connectivity index (χ0) is 16.4. The molecule has 0 atom stereocenters. The van der Waals surface area contributed by atoms with E-state index in [2.05, 4.69) is 4.98 Å². The van der Waals surface area contributed by atoms with Crippen LogP contribution in [0.25, 0.3) is 0 Å². The highest BCUT2D eigenvalue weighted by atomic mass is 32.1. The van der Waals surface area contributed by atoms with E-state index in [4.69, 9.17) is 0 Å². The minimum Gasteiger partial charge on any atom is -0.369 e. The Morgan fingerprint density at radius 2 is 2.13 bits per heavy atom. The monoisotopic (exact) mass is 333 g/mol. The normalized spacial score (nSPS) is 14.3. The van der Waals surface area contributed by atoms with Crippen LogP contribution in [0.5, 0.6) is 0 Å². The largest absolute Gasteiger partial charge is 0.369 e. The molecule has 2 aromatic rings. The number of carbonyl (C=O) groups excluding carboxylic acids is 1. The number of hydrogen-bond acceptors (Lipinski definition) is 4. The van der Waals surface area contributed by atoms with Crippen LogP contribution in [0.4, 0.5) is 10.1 Å². The molecular formula is C17H20FN3OS. The highest BCUT2D eigenvalue weighted by Gasteiger charge is 2.19. The minimum absolute atomic E-state index is 0.192. The third-order valence-electron chi connectivity index (χ3n) is 4.05. The van der Waals surface area contributed by atoms with Gasteiger partial charge in [0, 0.05) is 31.1 Å². The maximum Gasteiger partial charge on any atom is 0.254 e. The van der Waals surface area contributed by atoms with E-state index in [1.807, 2.05) is 17.2 Å². The summed E-state index contributed by atoms with van der Waals surface area (Å²) in [6, 6.07) is 4.77. The van der Waals surface area contributed by atoms with E-state index in [0.717, 1.165) is 36.6 Å². The van der Waals surface area contributed by atoms with E-state index < -0.39 is 0 Å². The van der Waals surface area contributed by atoms with Crippen LogP contribution in [0.15, 0.2) is 23.6 Å². The van der Waals surface area contributed by atoms with Crippen molar-refractivity contribution in [2.45, 2.75) is 26.3 Å². The van der Waals surface area contributed by atoms with Gasteiger partial charge in [-0.2, -0.15) is 0 Å². The Labute approximate surface area is 139 Å². The van der Waals surface area contributed by atoms with Gasteiger partial charge in [0.15, 0.2) is 0 Å². The predicted octanol–water partition coefficient (Wildman–Crippen LogP) is 3.46. The van der Waals surface area contributed by atoms with Crippen molar-refractivity contribution < 1.29 is 9.18 Å². The Balaban J connectivity index is 1.72. The fourth-order valence-electron chi connectivity index (χ4n) is 2.87. The number of aromatic nitrogens is 1. The molecule has 0 saturated carbocycles. The van der Waals surface area contributed by atoms with Gasteiger partial charge < -0.3 is 9.80 Å². The molecule has 0 bridgehead atoms. The van der Waals surface area contributed by atoms with Gasteiger partial charge in [0.2, 0.25) is 0 Å². The molecule has 0 aliphatic carbocycles. The topological polar surface area (TPSA) is 36.4 Å². The summed E-state index contributed by atoms with van der Waals surface area (Å²) in [6.07, 6.45) is 2.19. The summed E-state index contributed by atoms with van der Waals surface area (Å²) in [4.78, 5) is 20.4. The molecule has 2 heterocycles. The van der Waals surface area contributed by atoms with Crippen molar-refractivity contribution in [2.24, 2.45) is 0 Å². The second-order valence-electron chi connectivity index (χ2n) is 5.88. The molecule has 6 heteroatoms. The first-order valence-electron chi connectivity index (χ1n) is 7.75. The standard InChI is InChI=1S/C17H20FN3OS/c1-12-19-14(11-23-12)10-20(2)17(22)13-5-6-16(15(18)9-13)21-7-3-4-8-21/h5-6,9,11H,3-4,7-8,10H2,1-2H3. The van der Waals surface area contributed by atoms with Crippen molar-refractivity contribution in [1.29, 1.82) is 0 Å². The molecule has 1 aliphatic heterocycles. The second-order valence-corrected chi connectivity index (χ2v) is 6.94. The van der Waals surface area contributed by atoms with E-state index in [1.165, 1.54) is 6.07 Å². The summed E-state index contributed by atoms with van der Waals surface area (Å²) in [5, 5.41) is 2.91. The first kappa shape index (κ1) is 15.9. The molecule has 4 nitrogen and oxygen atoms in total. The molecule has 1 aliphatic rings. The highest BCUT2D eigenvalue weighted by Crippen LogP contribution is 2.25. The van der Waals surface area contributed by atoms with Crippen molar-refractivity contribution in [2.75, 3.05) is 25.0 Å². The van der Waals surface area contributed by atoms with Crippen molar-refractivity contribution in [1.82, 2.24) is 9.88 Å². The Morgan fingerprint density at radius 3 is 2.74 bits per heavy atom. The molecule has 0 N–H and O–H groups in total. The summed E-state index contributed by atoms with van der Waals surface area (Å²) < 4.78 is 14.3. The molecule has 0 unspecified atom stereocenters. The second kappa shape index (κ2) is 6.66. The third kappa shape index (κ3) is 3.52. The van der Waals surface area contributed by atoms with E-state index in [0.29, 0.717) is 17.8 Å². The maximum absolute atomic E-state index is 14.3. The number of rotatable bonds is 4. The van der Waals surface area contributed by atoms with Gasteiger partial charge in [-0.3, -0.25) is 4.79 Å². The number of carbonyl (C=O) groups is 1. The van der Waals surface area contributed by atoms with Gasteiger partial charge >= 0.3 is 0 Å². The van der Waals surface area contributed by atoms with Gasteiger partial charge in [0.25, 0.3) is 5.91 Å². The van der Waals surface area contributed by atoms with E-state index >= 15 is 0 Å². The summed E-state index contributed by atoms with van der Waals surface area (Å²) in [5.74, 6) is -0.516. The van der Waals surface area contributed by atoms with Gasteiger partial charge in [0.1, 0.15) is 5.82 Å². The predicted molar refractivity (Wildman–Crippen MR) is 90.5 cm³/mol. The molecule has 122 valence electrons. The lowest BCUT2D eigenvalue weighted by Gasteiger charge is -2.20. The summed E-state index contributed by atoms with van der Waals surface area (Å²) in [5.41, 5.74) is 1.83. The number of nitrogens with zero attached hydrogens (tertiary/aromatic N) is 3. The lowest BCUT2D eigenvalue weighted by atomic mass is 10.1. The number of benzene rings is 1. The smallest absolute Gasteiger partial charge is 0.254 e. The quantitative estimate of drug-likeness (QED) is 0.860. The molecule has 3 rings (SSSR count). The van der Waals surface area contributed by atoms with Crippen LogP contribution in [-0.2, 0) is 6.54 Å². The number of amides is 1. The highest BCUT2D eigenvalue weighted by molar-refractivity contribution is 7.09. The average molecular weight is 333 g/mol. The van der Waals surface area contributed by atoms with Crippen LogP contribution in [0.2, 0.25) is 0 Å². The molecular weight excluding hydrogens is 313 g/mol. The van der Waals surface area contributed by atoms with Crippen LogP contribution in [0.3, 0.4) is 0 Å². The molecule has 1 aromatic heterocycles. The molecule has 0 spiro atoms. The number of hydrogen-bond donors (Lipinski definition) is 0. The van der Waals surface area contributed by atoms with Crippen LogP contribution in [-0.4, -0.2) is 35.9 Å². The van der Waals surface area contributed by atoms with Gasteiger partial charge in [-0.05, 0) is 38.0 Å². The zero-order valence-corrected chi connectivity index (χ0v) is 14.2. The number of thiazole rings is 1.